The SMILES string of the molecule is Nc1ccc(-c2nnnn2C(C2CC2)C2CC2)cc1. The Morgan fingerprint density at radius 2 is 1.68 bits per heavy atom. The highest BCUT2D eigenvalue weighted by Gasteiger charge is 2.44. The minimum Gasteiger partial charge on any atom is -0.399 e. The molecule has 0 spiro atoms. The largest absolute Gasteiger partial charge is 0.399 e. The molecular formula is C14H17N5. The first-order valence-corrected chi connectivity index (χ1v) is 6.97. The van der Waals surface area contributed by atoms with Crippen LogP contribution in [0.15, 0.2) is 24.3 Å². The molecule has 4 rings (SSSR count). The molecule has 0 saturated heterocycles. The van der Waals surface area contributed by atoms with E-state index in [-0.39, 0.29) is 0 Å². The van der Waals surface area contributed by atoms with E-state index in [9.17, 15) is 0 Å². The van der Waals surface area contributed by atoms with Crippen LogP contribution in [0.1, 0.15) is 31.7 Å². The highest BCUT2D eigenvalue weighted by atomic mass is 15.6. The van der Waals surface area contributed by atoms with Gasteiger partial charge in [-0.2, -0.15) is 0 Å². The molecule has 0 radical (unpaired) electrons. The van der Waals surface area contributed by atoms with Gasteiger partial charge in [0.15, 0.2) is 5.82 Å². The number of rotatable bonds is 4. The van der Waals surface area contributed by atoms with Crippen molar-refractivity contribution in [3.05, 3.63) is 24.3 Å². The maximum Gasteiger partial charge on any atom is 0.182 e. The lowest BCUT2D eigenvalue weighted by Crippen LogP contribution is -2.16. The molecule has 5 nitrogen and oxygen atoms in total. The standard InChI is InChI=1S/C14H17N5/c15-12-7-5-11(6-8-12)14-16-17-18-19(14)13(9-1-2-9)10-3-4-10/h5-10,13H,1-4,15H2. The number of benzene rings is 1. The Kier molecular flexibility index (Phi) is 2.33. The van der Waals surface area contributed by atoms with Crippen molar-refractivity contribution in [1.29, 1.82) is 0 Å². The van der Waals surface area contributed by atoms with Crippen molar-refractivity contribution >= 4 is 5.69 Å². The maximum absolute atomic E-state index is 5.74. The molecule has 0 bridgehead atoms. The molecule has 2 fully saturated rings. The third kappa shape index (κ3) is 1.99. The van der Waals surface area contributed by atoms with Crippen LogP contribution >= 0.6 is 0 Å². The lowest BCUT2D eigenvalue weighted by atomic mass is 10.1. The van der Waals surface area contributed by atoms with Gasteiger partial charge < -0.3 is 5.73 Å². The van der Waals surface area contributed by atoms with E-state index >= 15 is 0 Å². The van der Waals surface area contributed by atoms with Crippen LogP contribution in [-0.2, 0) is 0 Å². The van der Waals surface area contributed by atoms with Gasteiger partial charge in [-0.25, -0.2) is 4.68 Å². The predicted octanol–water partition coefficient (Wildman–Crippen LogP) is 2.28. The topological polar surface area (TPSA) is 69.6 Å². The quantitative estimate of drug-likeness (QED) is 0.851. The van der Waals surface area contributed by atoms with Crippen LogP contribution in [-0.4, -0.2) is 20.2 Å². The van der Waals surface area contributed by atoms with E-state index in [1.54, 1.807) is 0 Å². The summed E-state index contributed by atoms with van der Waals surface area (Å²) in [6.45, 7) is 0. The van der Waals surface area contributed by atoms with Crippen molar-refractivity contribution in [2.45, 2.75) is 31.7 Å². The Morgan fingerprint density at radius 1 is 1.05 bits per heavy atom. The second-order valence-corrected chi connectivity index (χ2v) is 5.73. The summed E-state index contributed by atoms with van der Waals surface area (Å²) in [4.78, 5) is 0. The molecule has 1 aromatic carbocycles. The molecule has 0 atom stereocenters. The van der Waals surface area contributed by atoms with Gasteiger partial charge in [0.25, 0.3) is 0 Å². The number of anilines is 1. The first-order chi connectivity index (χ1) is 9.33. The normalized spacial score (nSPS) is 19.0. The number of aromatic nitrogens is 4. The van der Waals surface area contributed by atoms with Crippen LogP contribution in [0, 0.1) is 11.8 Å². The molecule has 1 heterocycles. The zero-order chi connectivity index (χ0) is 12.8. The summed E-state index contributed by atoms with van der Waals surface area (Å²) in [5, 5.41) is 12.4. The van der Waals surface area contributed by atoms with E-state index in [0.717, 1.165) is 28.9 Å². The van der Waals surface area contributed by atoms with Crippen molar-refractivity contribution < 1.29 is 0 Å². The molecule has 2 aliphatic rings. The van der Waals surface area contributed by atoms with Gasteiger partial charge in [0, 0.05) is 11.3 Å². The molecule has 0 aliphatic heterocycles. The minimum atomic E-state index is 0.502. The van der Waals surface area contributed by atoms with Crippen molar-refractivity contribution in [2.24, 2.45) is 11.8 Å². The number of hydrogen-bond acceptors (Lipinski definition) is 4. The monoisotopic (exact) mass is 255 g/mol. The van der Waals surface area contributed by atoms with E-state index in [0.29, 0.717) is 6.04 Å². The van der Waals surface area contributed by atoms with E-state index in [4.69, 9.17) is 5.73 Å². The van der Waals surface area contributed by atoms with Gasteiger partial charge in [0.05, 0.1) is 6.04 Å². The molecule has 2 saturated carbocycles. The molecular weight excluding hydrogens is 238 g/mol. The van der Waals surface area contributed by atoms with E-state index in [1.807, 2.05) is 24.3 Å². The Labute approximate surface area is 111 Å². The zero-order valence-electron chi connectivity index (χ0n) is 10.7. The van der Waals surface area contributed by atoms with Crippen molar-refractivity contribution in [3.63, 3.8) is 0 Å². The van der Waals surface area contributed by atoms with Crippen LogP contribution < -0.4 is 5.73 Å². The number of nitrogens with two attached hydrogens (primary N) is 1. The summed E-state index contributed by atoms with van der Waals surface area (Å²) in [7, 11) is 0. The fourth-order valence-corrected chi connectivity index (χ4v) is 2.88. The minimum absolute atomic E-state index is 0.502. The van der Waals surface area contributed by atoms with Crippen LogP contribution in [0.25, 0.3) is 11.4 Å². The number of nitrogens with zero attached hydrogens (tertiary/aromatic N) is 4. The maximum atomic E-state index is 5.74. The lowest BCUT2D eigenvalue weighted by Gasteiger charge is -2.17. The second-order valence-electron chi connectivity index (χ2n) is 5.73. The van der Waals surface area contributed by atoms with Crippen molar-refractivity contribution in [3.8, 4) is 11.4 Å². The third-order valence-corrected chi connectivity index (χ3v) is 4.15. The number of tetrazole rings is 1. The fourth-order valence-electron chi connectivity index (χ4n) is 2.88. The summed E-state index contributed by atoms with van der Waals surface area (Å²) in [6.07, 6.45) is 5.29. The lowest BCUT2D eigenvalue weighted by molar-refractivity contribution is 0.357. The van der Waals surface area contributed by atoms with E-state index in [2.05, 4.69) is 20.2 Å². The van der Waals surface area contributed by atoms with Crippen LogP contribution in [0.5, 0.6) is 0 Å². The average molecular weight is 255 g/mol. The molecule has 98 valence electrons. The molecule has 2 N–H and O–H groups in total. The average Bonchev–Trinajstić information content (AvgIpc) is 3.32. The third-order valence-electron chi connectivity index (χ3n) is 4.15. The highest BCUT2D eigenvalue weighted by molar-refractivity contribution is 5.58. The Morgan fingerprint density at radius 3 is 2.26 bits per heavy atom. The Hall–Kier alpha value is -1.91. The number of hydrogen-bond donors (Lipinski definition) is 1. The smallest absolute Gasteiger partial charge is 0.182 e. The van der Waals surface area contributed by atoms with Crippen LogP contribution in [0.2, 0.25) is 0 Å². The van der Waals surface area contributed by atoms with Gasteiger partial charge in [-0.05, 0) is 72.2 Å². The van der Waals surface area contributed by atoms with Gasteiger partial charge in [0.1, 0.15) is 0 Å². The Balaban J connectivity index is 1.73. The first-order valence-electron chi connectivity index (χ1n) is 6.97. The molecule has 5 heteroatoms. The number of nitrogen functional groups attached to an aromatic ring is 1. The van der Waals surface area contributed by atoms with Gasteiger partial charge in [-0.1, -0.05) is 0 Å². The summed E-state index contributed by atoms with van der Waals surface area (Å²) in [5.41, 5.74) is 7.55. The van der Waals surface area contributed by atoms with Gasteiger partial charge >= 0.3 is 0 Å². The molecule has 2 aromatic rings. The molecule has 0 unspecified atom stereocenters. The van der Waals surface area contributed by atoms with Crippen LogP contribution in [0.3, 0.4) is 0 Å². The Bertz CT molecular complexity index is 568. The predicted molar refractivity (Wildman–Crippen MR) is 72.2 cm³/mol. The zero-order valence-corrected chi connectivity index (χ0v) is 10.7. The van der Waals surface area contributed by atoms with Gasteiger partial charge in [-0.15, -0.1) is 5.10 Å². The fraction of sp³-hybridized carbons (Fsp3) is 0.500. The molecule has 0 amide bonds. The molecule has 1 aromatic heterocycles. The van der Waals surface area contributed by atoms with E-state index < -0.39 is 0 Å². The van der Waals surface area contributed by atoms with Crippen molar-refractivity contribution in [2.75, 3.05) is 5.73 Å². The molecule has 2 aliphatic carbocycles. The molecule has 19 heavy (non-hydrogen) atoms. The van der Waals surface area contributed by atoms with Crippen LogP contribution in [0.4, 0.5) is 5.69 Å². The second kappa shape index (κ2) is 4.05. The van der Waals surface area contributed by atoms with E-state index in [1.165, 1.54) is 25.7 Å². The summed E-state index contributed by atoms with van der Waals surface area (Å²) in [5.74, 6) is 2.44. The summed E-state index contributed by atoms with van der Waals surface area (Å²) >= 11 is 0. The first kappa shape index (κ1) is 11.0. The van der Waals surface area contributed by atoms with Crippen molar-refractivity contribution in [1.82, 2.24) is 20.2 Å². The summed E-state index contributed by atoms with van der Waals surface area (Å²) in [6, 6.07) is 8.29. The van der Waals surface area contributed by atoms with Gasteiger partial charge in [0.2, 0.25) is 0 Å². The highest BCUT2D eigenvalue weighted by Crippen LogP contribution is 2.52. The summed E-state index contributed by atoms with van der Waals surface area (Å²) < 4.78 is 2.06. The van der Waals surface area contributed by atoms with Gasteiger partial charge in [-0.3, -0.25) is 0 Å².